The van der Waals surface area contributed by atoms with Gasteiger partial charge in [0.2, 0.25) is 17.7 Å². The van der Waals surface area contributed by atoms with E-state index in [1.807, 2.05) is 75.4 Å². The van der Waals surface area contributed by atoms with Crippen LogP contribution >= 0.6 is 0 Å². The average Bonchev–Trinajstić information content (AvgIpc) is 3.74. The predicted octanol–water partition coefficient (Wildman–Crippen LogP) is 3.94. The Labute approximate surface area is 327 Å². The van der Waals surface area contributed by atoms with E-state index in [1.54, 1.807) is 7.11 Å². The van der Waals surface area contributed by atoms with Crippen molar-refractivity contribution in [3.8, 4) is 22.8 Å². The van der Waals surface area contributed by atoms with Crippen molar-refractivity contribution < 1.29 is 43.9 Å². The molecule has 6 rings (SSSR count). The van der Waals surface area contributed by atoms with Gasteiger partial charge in [-0.25, -0.2) is 9.78 Å². The number of benzene rings is 2. The van der Waals surface area contributed by atoms with Crippen molar-refractivity contribution in [2.24, 2.45) is 17.3 Å². The number of hydrogen-bond acceptors (Lipinski definition) is 7. The van der Waals surface area contributed by atoms with Gasteiger partial charge in [0.05, 0.1) is 30.8 Å². The van der Waals surface area contributed by atoms with Gasteiger partial charge in [0, 0.05) is 42.8 Å². The number of nitrogens with one attached hydrogen (secondary N) is 3. The zero-order valence-electron chi connectivity index (χ0n) is 32.8. The molecular weight excluding hydrogens is 714 g/mol. The number of rotatable bonds is 13. The van der Waals surface area contributed by atoms with Crippen molar-refractivity contribution in [2.45, 2.75) is 102 Å². The Morgan fingerprint density at radius 3 is 2.36 bits per heavy atom. The third-order valence-electron chi connectivity index (χ3n) is 11.4. The Morgan fingerprint density at radius 1 is 1.04 bits per heavy atom. The highest BCUT2D eigenvalue weighted by Crippen LogP contribution is 2.41. The summed E-state index contributed by atoms with van der Waals surface area (Å²) in [6, 6.07) is 14.1. The van der Waals surface area contributed by atoms with Gasteiger partial charge >= 0.3 is 11.9 Å². The van der Waals surface area contributed by atoms with E-state index in [4.69, 9.17) is 14.5 Å². The third kappa shape index (κ3) is 8.51. The Balaban J connectivity index is 1.36. The lowest BCUT2D eigenvalue weighted by molar-refractivity contribution is -0.519. The first-order valence-electron chi connectivity index (χ1n) is 19.4. The second kappa shape index (κ2) is 16.3. The van der Waals surface area contributed by atoms with Crippen molar-refractivity contribution >= 4 is 40.5 Å². The van der Waals surface area contributed by atoms with E-state index in [2.05, 4.69) is 22.2 Å². The molecule has 3 aromatic rings. The summed E-state index contributed by atoms with van der Waals surface area (Å²) in [7, 11) is 1.58. The number of nitrogens with zero attached hydrogens (tertiary/aromatic N) is 2. The van der Waals surface area contributed by atoms with Crippen LogP contribution in [0.2, 0.25) is 0 Å². The Bertz CT molecular complexity index is 2010. The highest BCUT2D eigenvalue weighted by atomic mass is 16.5. The minimum absolute atomic E-state index is 0.0149. The molecule has 1 aromatic heterocycles. The van der Waals surface area contributed by atoms with Crippen molar-refractivity contribution in [1.82, 2.24) is 20.5 Å². The maximum Gasteiger partial charge on any atom is 0.376 e. The van der Waals surface area contributed by atoms with Gasteiger partial charge in [0.1, 0.15) is 29.7 Å². The molecule has 2 aliphatic carbocycles. The number of aliphatic carboxylic acids is 1. The van der Waals surface area contributed by atoms with Crippen LogP contribution in [0.5, 0.6) is 11.5 Å². The van der Waals surface area contributed by atoms with E-state index in [9.17, 15) is 29.4 Å². The number of aliphatic hydroxyl groups excluding tert-OH is 1. The van der Waals surface area contributed by atoms with Crippen molar-refractivity contribution in [2.75, 3.05) is 13.7 Å². The topological polar surface area (TPSA) is 181 Å². The van der Waals surface area contributed by atoms with E-state index < -0.39 is 58.9 Å². The number of fused-ring (bicyclic) bond motifs is 1. The number of hydrogen-bond donors (Lipinski definition) is 5. The molecule has 1 aliphatic heterocycles. The van der Waals surface area contributed by atoms with Gasteiger partial charge in [0.25, 0.3) is 5.54 Å². The van der Waals surface area contributed by atoms with Gasteiger partial charge in [-0.1, -0.05) is 76.4 Å². The van der Waals surface area contributed by atoms with Crippen LogP contribution < -0.4 is 25.1 Å². The molecule has 13 heteroatoms. The lowest BCUT2D eigenvalue weighted by atomic mass is 9.82. The summed E-state index contributed by atoms with van der Waals surface area (Å²) in [5, 5.41) is 28.4. The smallest absolute Gasteiger partial charge is 0.376 e. The molecule has 13 nitrogen and oxygen atoms in total. The van der Waals surface area contributed by atoms with Crippen molar-refractivity contribution in [1.29, 1.82) is 0 Å². The first kappa shape index (κ1) is 40.2. The van der Waals surface area contributed by atoms with Crippen LogP contribution in [-0.4, -0.2) is 93.1 Å². The van der Waals surface area contributed by atoms with Crippen LogP contribution in [0.4, 0.5) is 0 Å². The van der Waals surface area contributed by atoms with E-state index >= 15 is 0 Å². The summed E-state index contributed by atoms with van der Waals surface area (Å²) in [4.78, 5) is 62.9. The van der Waals surface area contributed by atoms with Gasteiger partial charge in [-0.05, 0) is 36.3 Å². The summed E-state index contributed by atoms with van der Waals surface area (Å²) in [5.41, 5.74) is -0.102. The fraction of sp³-hybridized carbons (Fsp3) is 0.488. The minimum Gasteiger partial charge on any atom is -0.497 e. The average molecular weight is 769 g/mol. The number of carboxylic acid groups (broad SMARTS) is 1. The van der Waals surface area contributed by atoms with E-state index in [1.165, 1.54) is 17.9 Å². The summed E-state index contributed by atoms with van der Waals surface area (Å²) in [6.07, 6.45) is 5.74. The molecule has 3 fully saturated rings. The van der Waals surface area contributed by atoms with Gasteiger partial charge in [-0.15, -0.1) is 6.58 Å². The molecule has 298 valence electrons. The van der Waals surface area contributed by atoms with Crippen LogP contribution in [0.3, 0.4) is 0 Å². The Hall–Kier alpha value is -5.46. The lowest BCUT2D eigenvalue weighted by Crippen LogP contribution is -2.87. The molecule has 2 heterocycles. The number of likely N-dealkylation sites (tertiary alicyclic amines) is 1. The molecule has 5 N–H and O–H groups in total. The highest BCUT2D eigenvalue weighted by molar-refractivity contribution is 5.95. The standard InChI is InChI=1S/C43H53N5O8/c1-7-28-23-43(28,41(53)54)47-38(50)34-21-30(56-35-22-32(26-14-10-8-11-15-26)45-33-20-29(55-6)18-19-31(33)35)24-48(34)40(52)37(42(3,4)5)46-39(51)36(44-25(2)49)27-16-12-9-13-17-27/h7-8,10-11,14-15,18-20,22,27-28,30,34,36-37H,1,9,12-13,16-17,21,23-24H2,2-6H3,(H,44,49)(H,46,51)(H,47,50)(H,53,54)/p+1/t28?,30-,34?,36?,37?,43?/m1/s1. The summed E-state index contributed by atoms with van der Waals surface area (Å²) in [5.74, 6) is -2.15. The van der Waals surface area contributed by atoms with Crippen molar-refractivity contribution in [3.63, 3.8) is 0 Å². The number of carbonyl (C=O) groups is 4. The molecule has 0 spiro atoms. The fourth-order valence-electron chi connectivity index (χ4n) is 8.18. The largest absolute Gasteiger partial charge is 0.497 e. The molecule has 3 aliphatic rings. The third-order valence-corrected chi connectivity index (χ3v) is 11.4. The number of aromatic nitrogens is 1. The molecule has 6 atom stereocenters. The van der Waals surface area contributed by atoms with E-state index in [-0.39, 0.29) is 37.1 Å². The van der Waals surface area contributed by atoms with Crippen LogP contribution in [0, 0.1) is 17.3 Å². The zero-order chi connectivity index (χ0) is 40.4. The zero-order valence-corrected chi connectivity index (χ0v) is 32.8. The normalized spacial score (nSPS) is 23.8. The number of amides is 3. The molecule has 0 radical (unpaired) electrons. The molecule has 2 aromatic carbocycles. The van der Waals surface area contributed by atoms with E-state index in [0.717, 1.165) is 37.7 Å². The molecule has 56 heavy (non-hydrogen) atoms. The van der Waals surface area contributed by atoms with Gasteiger partial charge in [0.15, 0.2) is 6.04 Å². The molecule has 2 saturated carbocycles. The highest BCUT2D eigenvalue weighted by Gasteiger charge is 2.67. The SMILES string of the molecule is C=CC1CC1([NH+]=C(O)C1C[C@@H](Oc2cc(-c3ccccc3)nc3cc(OC)ccc23)CN1C(=O)C(NC(=O)C(NC(C)=O)C1CCCCC1)C(C)(C)C)C(=O)O. The second-order valence-electron chi connectivity index (χ2n) is 16.5. The number of ether oxygens (including phenoxy) is 2. The number of carboxylic acids is 1. The molecule has 0 bridgehead atoms. The van der Waals surface area contributed by atoms with Gasteiger partial charge < -0.3 is 35.2 Å². The van der Waals surface area contributed by atoms with Crippen molar-refractivity contribution in [3.05, 3.63) is 67.3 Å². The summed E-state index contributed by atoms with van der Waals surface area (Å²) >= 11 is 0. The van der Waals surface area contributed by atoms with Gasteiger partial charge in [-0.3, -0.25) is 14.4 Å². The first-order chi connectivity index (χ1) is 26.6. The number of carbonyl (C=O) groups excluding carboxylic acids is 3. The lowest BCUT2D eigenvalue weighted by Gasteiger charge is -2.37. The van der Waals surface area contributed by atoms with Crippen LogP contribution in [-0.2, 0) is 19.2 Å². The summed E-state index contributed by atoms with van der Waals surface area (Å²) < 4.78 is 12.2. The Morgan fingerprint density at radius 2 is 1.75 bits per heavy atom. The number of methoxy groups -OCH3 is 1. The van der Waals surface area contributed by atoms with E-state index in [0.29, 0.717) is 28.1 Å². The maximum absolute atomic E-state index is 14.9. The molecule has 3 amide bonds. The molecule has 1 saturated heterocycles. The monoisotopic (exact) mass is 768 g/mol. The second-order valence-corrected chi connectivity index (χ2v) is 16.5. The molecule has 5 unspecified atom stereocenters. The summed E-state index contributed by atoms with van der Waals surface area (Å²) in [6.45, 7) is 10.7. The fourth-order valence-corrected chi connectivity index (χ4v) is 8.18. The first-order valence-corrected chi connectivity index (χ1v) is 19.4. The maximum atomic E-state index is 14.9. The van der Waals surface area contributed by atoms with Crippen LogP contribution in [0.25, 0.3) is 22.2 Å². The minimum atomic E-state index is -1.46. The quantitative estimate of drug-likeness (QED) is 0.0978. The number of aliphatic hydroxyl groups is 1. The van der Waals surface area contributed by atoms with Gasteiger partial charge in [-0.2, -0.15) is 4.99 Å². The Kier molecular flexibility index (Phi) is 11.7. The van der Waals surface area contributed by atoms with Crippen LogP contribution in [0.1, 0.15) is 72.6 Å². The number of pyridine rings is 1. The molecular formula is C43H54N5O8+. The van der Waals surface area contributed by atoms with Crippen LogP contribution in [0.15, 0.2) is 67.3 Å². The predicted molar refractivity (Wildman–Crippen MR) is 211 cm³/mol.